The van der Waals surface area contributed by atoms with Gasteiger partial charge in [-0.1, -0.05) is 13.0 Å². The van der Waals surface area contributed by atoms with Crippen LogP contribution in [-0.4, -0.2) is 78.8 Å². The number of likely N-dealkylation sites (tertiary alicyclic amines) is 1. The molecular formula is C16H27N3O4S. The van der Waals surface area contributed by atoms with Gasteiger partial charge in [-0.15, -0.1) is 6.58 Å². The molecule has 3 heterocycles. The van der Waals surface area contributed by atoms with Crippen LogP contribution in [0.25, 0.3) is 0 Å². The molecule has 0 saturated carbocycles. The van der Waals surface area contributed by atoms with Crippen molar-refractivity contribution in [3.8, 4) is 0 Å². The van der Waals surface area contributed by atoms with E-state index in [1.54, 1.807) is 6.08 Å². The first-order valence-electron chi connectivity index (χ1n) is 8.61. The predicted molar refractivity (Wildman–Crippen MR) is 90.7 cm³/mol. The average molecular weight is 357 g/mol. The smallest absolute Gasteiger partial charge is 0.312 e. The van der Waals surface area contributed by atoms with Gasteiger partial charge in [0.2, 0.25) is 0 Å². The third kappa shape index (κ3) is 2.89. The summed E-state index contributed by atoms with van der Waals surface area (Å²) < 4.78 is 28.8. The molecule has 3 rings (SSSR count). The van der Waals surface area contributed by atoms with Crippen LogP contribution in [0.2, 0.25) is 0 Å². The molecule has 7 nitrogen and oxygen atoms in total. The van der Waals surface area contributed by atoms with Gasteiger partial charge in [-0.05, 0) is 18.8 Å². The Morgan fingerprint density at radius 3 is 2.46 bits per heavy atom. The summed E-state index contributed by atoms with van der Waals surface area (Å²) in [5.74, 6) is -0.496. The van der Waals surface area contributed by atoms with E-state index in [1.807, 2.05) is 0 Å². The number of fused-ring (bicyclic) bond motifs is 1. The van der Waals surface area contributed by atoms with Crippen molar-refractivity contribution < 1.29 is 18.3 Å². The molecule has 0 aromatic carbocycles. The largest absolute Gasteiger partial charge is 0.481 e. The van der Waals surface area contributed by atoms with E-state index in [4.69, 9.17) is 0 Å². The summed E-state index contributed by atoms with van der Waals surface area (Å²) >= 11 is 0. The zero-order valence-corrected chi connectivity index (χ0v) is 15.0. The number of carboxylic acids is 1. The van der Waals surface area contributed by atoms with Crippen LogP contribution in [-0.2, 0) is 15.0 Å². The SMILES string of the molecule is C=CCN1C[C@H]2CN(S(=O)(=O)N3CCC(C)CC3)C[C@@]2(C(=O)O)C1. The molecule has 3 aliphatic heterocycles. The van der Waals surface area contributed by atoms with E-state index >= 15 is 0 Å². The summed E-state index contributed by atoms with van der Waals surface area (Å²) in [6.07, 6.45) is 3.50. The van der Waals surface area contributed by atoms with Crippen LogP contribution < -0.4 is 0 Å². The highest BCUT2D eigenvalue weighted by molar-refractivity contribution is 7.86. The van der Waals surface area contributed by atoms with Crippen LogP contribution in [0.4, 0.5) is 0 Å². The maximum absolute atomic E-state index is 12.9. The van der Waals surface area contributed by atoms with E-state index in [1.165, 1.54) is 8.61 Å². The van der Waals surface area contributed by atoms with Crippen molar-refractivity contribution in [3.05, 3.63) is 12.7 Å². The molecule has 8 heteroatoms. The van der Waals surface area contributed by atoms with Crippen molar-refractivity contribution in [3.63, 3.8) is 0 Å². The minimum absolute atomic E-state index is 0.0784. The Morgan fingerprint density at radius 2 is 1.92 bits per heavy atom. The Morgan fingerprint density at radius 1 is 1.25 bits per heavy atom. The van der Waals surface area contributed by atoms with Crippen LogP contribution in [0.15, 0.2) is 12.7 Å². The normalized spacial score (nSPS) is 33.6. The van der Waals surface area contributed by atoms with E-state index in [-0.39, 0.29) is 12.5 Å². The zero-order chi connectivity index (χ0) is 17.5. The first-order chi connectivity index (χ1) is 11.3. The van der Waals surface area contributed by atoms with Crippen LogP contribution in [0.1, 0.15) is 19.8 Å². The highest BCUT2D eigenvalue weighted by atomic mass is 32.2. The van der Waals surface area contributed by atoms with Crippen molar-refractivity contribution in [1.29, 1.82) is 0 Å². The van der Waals surface area contributed by atoms with E-state index < -0.39 is 21.6 Å². The molecule has 0 radical (unpaired) electrons. The fourth-order valence-electron chi connectivity index (χ4n) is 4.30. The zero-order valence-electron chi connectivity index (χ0n) is 14.2. The van der Waals surface area contributed by atoms with Crippen molar-refractivity contribution in [2.45, 2.75) is 19.8 Å². The van der Waals surface area contributed by atoms with E-state index in [0.717, 1.165) is 12.8 Å². The Balaban J connectivity index is 1.76. The highest BCUT2D eigenvalue weighted by Crippen LogP contribution is 2.44. The van der Waals surface area contributed by atoms with Gasteiger partial charge >= 0.3 is 5.97 Å². The van der Waals surface area contributed by atoms with Crippen molar-refractivity contribution in [2.75, 3.05) is 45.8 Å². The van der Waals surface area contributed by atoms with Gasteiger partial charge in [-0.3, -0.25) is 9.69 Å². The van der Waals surface area contributed by atoms with Gasteiger partial charge < -0.3 is 5.11 Å². The number of carboxylic acid groups (broad SMARTS) is 1. The van der Waals surface area contributed by atoms with E-state index in [2.05, 4.69) is 18.4 Å². The quantitative estimate of drug-likeness (QED) is 0.724. The molecule has 1 N–H and O–H groups in total. The number of carbonyl (C=O) groups is 1. The van der Waals surface area contributed by atoms with Crippen molar-refractivity contribution >= 4 is 16.2 Å². The number of hydrogen-bond donors (Lipinski definition) is 1. The lowest BCUT2D eigenvalue weighted by Gasteiger charge is -2.33. The fraction of sp³-hybridized carbons (Fsp3) is 0.812. The second kappa shape index (κ2) is 6.40. The van der Waals surface area contributed by atoms with Crippen molar-refractivity contribution in [1.82, 2.24) is 13.5 Å². The second-order valence-corrected chi connectivity index (χ2v) is 9.45. The molecule has 0 aromatic rings. The third-order valence-corrected chi connectivity index (χ3v) is 7.81. The molecule has 3 aliphatic rings. The summed E-state index contributed by atoms with van der Waals surface area (Å²) in [5.41, 5.74) is -0.987. The standard InChI is InChI=1S/C16H27N3O4S/c1-3-6-17-9-14-10-19(12-16(14,11-17)15(20)21)24(22,23)18-7-4-13(2)5-8-18/h3,13-14H,1,4-12H2,2H3,(H,20,21)/t14-,16-/m0/s1. The molecule has 2 atom stereocenters. The van der Waals surface area contributed by atoms with Crippen LogP contribution in [0, 0.1) is 17.3 Å². The minimum Gasteiger partial charge on any atom is -0.481 e. The first-order valence-corrected chi connectivity index (χ1v) is 10.0. The summed E-state index contributed by atoms with van der Waals surface area (Å²) in [5, 5.41) is 9.80. The lowest BCUT2D eigenvalue weighted by molar-refractivity contribution is -0.148. The molecule has 0 aromatic heterocycles. The summed E-state index contributed by atoms with van der Waals surface area (Å²) in [4.78, 5) is 14.0. The van der Waals surface area contributed by atoms with Gasteiger partial charge in [0.1, 0.15) is 0 Å². The summed E-state index contributed by atoms with van der Waals surface area (Å²) in [6.45, 7) is 8.93. The molecule has 0 spiro atoms. The number of rotatable bonds is 5. The highest BCUT2D eigenvalue weighted by Gasteiger charge is 2.59. The molecule has 0 bridgehead atoms. The molecule has 0 amide bonds. The molecule has 136 valence electrons. The van der Waals surface area contributed by atoms with Gasteiger partial charge in [0.15, 0.2) is 0 Å². The predicted octanol–water partition coefficient (Wildman–Crippen LogP) is 0.468. The van der Waals surface area contributed by atoms with E-state index in [9.17, 15) is 18.3 Å². The summed E-state index contributed by atoms with van der Waals surface area (Å²) in [7, 11) is -3.56. The Kier molecular flexibility index (Phi) is 4.76. The Labute approximate surface area is 144 Å². The fourth-order valence-corrected chi connectivity index (χ4v) is 6.06. The van der Waals surface area contributed by atoms with Gasteiger partial charge in [0, 0.05) is 51.7 Å². The van der Waals surface area contributed by atoms with Crippen LogP contribution in [0.3, 0.4) is 0 Å². The monoisotopic (exact) mass is 357 g/mol. The molecule has 3 saturated heterocycles. The lowest BCUT2D eigenvalue weighted by Crippen LogP contribution is -2.48. The number of aliphatic carboxylic acids is 1. The van der Waals surface area contributed by atoms with Crippen LogP contribution >= 0.6 is 0 Å². The molecule has 24 heavy (non-hydrogen) atoms. The number of nitrogens with zero attached hydrogens (tertiary/aromatic N) is 3. The number of hydrogen-bond acceptors (Lipinski definition) is 4. The average Bonchev–Trinajstić information content (AvgIpc) is 3.03. The minimum atomic E-state index is -3.56. The number of piperidine rings is 1. The van der Waals surface area contributed by atoms with Gasteiger partial charge in [0.05, 0.1) is 5.41 Å². The Hall–Kier alpha value is -0.960. The van der Waals surface area contributed by atoms with Gasteiger partial charge in [0.25, 0.3) is 10.2 Å². The molecular weight excluding hydrogens is 330 g/mol. The summed E-state index contributed by atoms with van der Waals surface area (Å²) in [6, 6.07) is 0. The van der Waals surface area contributed by atoms with Crippen molar-refractivity contribution in [2.24, 2.45) is 17.3 Å². The molecule has 0 unspecified atom stereocenters. The van der Waals surface area contributed by atoms with E-state index in [0.29, 0.717) is 45.2 Å². The maximum Gasteiger partial charge on any atom is 0.312 e. The Bertz CT molecular complexity index is 615. The lowest BCUT2D eigenvalue weighted by atomic mass is 9.81. The first kappa shape index (κ1) is 17.8. The van der Waals surface area contributed by atoms with Crippen LogP contribution in [0.5, 0.6) is 0 Å². The van der Waals surface area contributed by atoms with Gasteiger partial charge in [-0.2, -0.15) is 17.0 Å². The molecule has 0 aliphatic carbocycles. The second-order valence-electron chi connectivity index (χ2n) is 7.52. The maximum atomic E-state index is 12.9. The topological polar surface area (TPSA) is 81.2 Å². The van der Waals surface area contributed by atoms with Gasteiger partial charge in [-0.25, -0.2) is 0 Å². The third-order valence-electron chi connectivity index (χ3n) is 5.86. The molecule has 3 fully saturated rings.